The number of allylic oxidation sites excluding steroid dienone is 1. The highest BCUT2D eigenvalue weighted by Gasteiger charge is 2.17. The molecule has 0 aliphatic carbocycles. The summed E-state index contributed by atoms with van der Waals surface area (Å²) >= 11 is 6.45. The van der Waals surface area contributed by atoms with E-state index in [9.17, 15) is 9.36 Å². The molecule has 13 heteroatoms. The monoisotopic (exact) mass is 629 g/mol. The predicted octanol–water partition coefficient (Wildman–Crippen LogP) is 5.82. The van der Waals surface area contributed by atoms with Crippen LogP contribution in [-0.4, -0.2) is 63.4 Å². The Hall–Kier alpha value is -3.31. The molecule has 0 saturated carbocycles. The molecule has 1 saturated heterocycles. The number of ketones is 1. The summed E-state index contributed by atoms with van der Waals surface area (Å²) in [4.78, 5) is 41.3. The fraction of sp³-hybridized carbons (Fsp3) is 0.367. The molecule has 11 nitrogen and oxygen atoms in total. The maximum Gasteiger partial charge on any atom is 0.472 e. The first-order valence-electron chi connectivity index (χ1n) is 14.1. The van der Waals surface area contributed by atoms with Crippen molar-refractivity contribution in [3.63, 3.8) is 0 Å². The number of nitrogens with one attached hydrogen (secondary N) is 2. The number of phosphoric ester groups is 1. The lowest BCUT2D eigenvalue weighted by molar-refractivity contribution is -0.114. The van der Waals surface area contributed by atoms with Crippen molar-refractivity contribution < 1.29 is 28.4 Å². The van der Waals surface area contributed by atoms with Gasteiger partial charge in [-0.1, -0.05) is 43.3 Å². The summed E-state index contributed by atoms with van der Waals surface area (Å²) in [6, 6.07) is 12.6. The van der Waals surface area contributed by atoms with Gasteiger partial charge in [-0.3, -0.25) is 4.79 Å². The van der Waals surface area contributed by atoms with Crippen molar-refractivity contribution in [3.8, 4) is 17.0 Å². The molecule has 0 unspecified atom stereocenters. The maximum absolute atomic E-state index is 11.8. The highest BCUT2D eigenvalue weighted by Crippen LogP contribution is 2.37. The molecular weight excluding hydrogens is 593 g/mol. The largest absolute Gasteiger partial charge is 0.472 e. The lowest BCUT2D eigenvalue weighted by Crippen LogP contribution is -2.34. The Morgan fingerprint density at radius 2 is 2.02 bits per heavy atom. The van der Waals surface area contributed by atoms with Crippen molar-refractivity contribution in [2.75, 3.05) is 43.6 Å². The standard InChI is InChI=1S/C30H37ClN5O6P/c1-3-25(37)17-22-6-4-7-23(16-22)29-26(31)19-33-30(35-29)34-24-8-9-28(41-20-42-43(38,39)40)27(18-24)32-12-5-13-36-14-10-21(2)11-15-36/h3-4,6-9,16,18-19,21,32H,1,5,10-15,17,20H2,2H3,(H,33,34,35)(H2,38,39,40). The molecule has 3 aromatic rings. The average molecular weight is 630 g/mol. The van der Waals surface area contributed by atoms with Gasteiger partial charge in [0.15, 0.2) is 12.6 Å². The summed E-state index contributed by atoms with van der Waals surface area (Å²) in [7, 11) is -4.68. The zero-order valence-electron chi connectivity index (χ0n) is 24.0. The van der Waals surface area contributed by atoms with Crippen LogP contribution in [0.4, 0.5) is 17.3 Å². The van der Waals surface area contributed by atoms with Gasteiger partial charge in [0.1, 0.15) is 5.75 Å². The molecule has 0 radical (unpaired) electrons. The van der Waals surface area contributed by atoms with E-state index in [4.69, 9.17) is 26.1 Å². The third-order valence-electron chi connectivity index (χ3n) is 7.06. The lowest BCUT2D eigenvalue weighted by atomic mass is 9.99. The summed E-state index contributed by atoms with van der Waals surface area (Å²) < 4.78 is 21.1. The molecule has 1 aliphatic heterocycles. The molecule has 1 aliphatic rings. The van der Waals surface area contributed by atoms with Gasteiger partial charge in [-0.15, -0.1) is 0 Å². The number of nitrogens with zero attached hydrogens (tertiary/aromatic N) is 3. The van der Waals surface area contributed by atoms with Gasteiger partial charge in [0, 0.05) is 24.2 Å². The van der Waals surface area contributed by atoms with Crippen molar-refractivity contribution in [1.82, 2.24) is 14.9 Å². The number of halogens is 1. The van der Waals surface area contributed by atoms with E-state index in [1.54, 1.807) is 18.2 Å². The van der Waals surface area contributed by atoms with Crippen LogP contribution in [0, 0.1) is 5.92 Å². The third kappa shape index (κ3) is 10.4. The second kappa shape index (κ2) is 15.4. The van der Waals surface area contributed by atoms with E-state index >= 15 is 0 Å². The number of hydrogen-bond acceptors (Lipinski definition) is 9. The van der Waals surface area contributed by atoms with Crippen LogP contribution in [0.25, 0.3) is 11.3 Å². The van der Waals surface area contributed by atoms with Crippen LogP contribution in [0.1, 0.15) is 31.7 Å². The summed E-state index contributed by atoms with van der Waals surface area (Å²) in [5, 5.41) is 6.91. The molecule has 0 amide bonds. The van der Waals surface area contributed by atoms with Gasteiger partial charge >= 0.3 is 7.82 Å². The van der Waals surface area contributed by atoms with E-state index < -0.39 is 14.6 Å². The number of phosphoric acid groups is 1. The summed E-state index contributed by atoms with van der Waals surface area (Å²) in [6.45, 7) is 9.06. The van der Waals surface area contributed by atoms with E-state index in [0.29, 0.717) is 40.3 Å². The molecule has 2 heterocycles. The summed E-state index contributed by atoms with van der Waals surface area (Å²) in [5.74, 6) is 1.36. The summed E-state index contributed by atoms with van der Waals surface area (Å²) in [5.41, 5.74) is 3.32. The van der Waals surface area contributed by atoms with Crippen LogP contribution in [0.3, 0.4) is 0 Å². The molecule has 1 aromatic heterocycles. The first kappa shape index (κ1) is 32.6. The molecular formula is C30H37ClN5O6P. The molecule has 2 aromatic carbocycles. The Balaban J connectivity index is 1.48. The van der Waals surface area contributed by atoms with Crippen molar-refractivity contribution in [2.24, 2.45) is 5.92 Å². The predicted molar refractivity (Wildman–Crippen MR) is 168 cm³/mol. The lowest BCUT2D eigenvalue weighted by Gasteiger charge is -2.30. The second-order valence-corrected chi connectivity index (χ2v) is 12.1. The van der Waals surface area contributed by atoms with Crippen molar-refractivity contribution in [3.05, 3.63) is 71.9 Å². The number of anilines is 3. The van der Waals surface area contributed by atoms with E-state index in [1.165, 1.54) is 25.1 Å². The first-order valence-corrected chi connectivity index (χ1v) is 16.0. The molecule has 230 valence electrons. The number of ether oxygens (including phenoxy) is 1. The smallest absolute Gasteiger partial charge is 0.465 e. The highest BCUT2D eigenvalue weighted by molar-refractivity contribution is 7.46. The van der Waals surface area contributed by atoms with Crippen molar-refractivity contribution >= 4 is 42.5 Å². The molecule has 43 heavy (non-hydrogen) atoms. The quantitative estimate of drug-likeness (QED) is 0.0698. The Morgan fingerprint density at radius 3 is 2.77 bits per heavy atom. The zero-order chi connectivity index (χ0) is 30.8. The first-order chi connectivity index (χ1) is 20.6. The van der Waals surface area contributed by atoms with Gasteiger partial charge in [0.05, 0.1) is 22.6 Å². The number of benzene rings is 2. The van der Waals surface area contributed by atoms with Crippen LogP contribution < -0.4 is 15.4 Å². The number of likely N-dealkylation sites (tertiary alicyclic amines) is 1. The van der Waals surface area contributed by atoms with Crippen LogP contribution in [0.2, 0.25) is 5.02 Å². The van der Waals surface area contributed by atoms with Gasteiger partial charge in [-0.2, -0.15) is 0 Å². The Bertz CT molecular complexity index is 1460. The van der Waals surface area contributed by atoms with Crippen molar-refractivity contribution in [1.29, 1.82) is 0 Å². The number of hydrogen-bond donors (Lipinski definition) is 4. The van der Waals surface area contributed by atoms with Gasteiger partial charge in [0.25, 0.3) is 0 Å². The SMILES string of the molecule is C=CC(=O)Cc1cccc(-c2nc(Nc3ccc(OCOP(=O)(O)O)c(NCCCN4CCC(C)CC4)c3)ncc2Cl)c1. The molecule has 0 atom stereocenters. The van der Waals surface area contributed by atoms with Crippen LogP contribution >= 0.6 is 19.4 Å². The molecule has 4 N–H and O–H groups in total. The fourth-order valence-corrected chi connectivity index (χ4v) is 5.09. The minimum atomic E-state index is -4.68. The van der Waals surface area contributed by atoms with Gasteiger partial charge in [-0.05, 0) is 80.7 Å². The maximum atomic E-state index is 11.8. The van der Waals surface area contributed by atoms with Gasteiger partial charge in [0.2, 0.25) is 5.95 Å². The minimum Gasteiger partial charge on any atom is -0.465 e. The number of rotatable bonds is 15. The van der Waals surface area contributed by atoms with Crippen LogP contribution in [-0.2, 0) is 20.3 Å². The van der Waals surface area contributed by atoms with Crippen LogP contribution in [0.15, 0.2) is 61.3 Å². The molecule has 0 bridgehead atoms. The normalized spacial score (nSPS) is 14.3. The van der Waals surface area contributed by atoms with E-state index in [1.807, 2.05) is 24.3 Å². The molecule has 0 spiro atoms. The Morgan fingerprint density at radius 1 is 1.23 bits per heavy atom. The number of piperidine rings is 1. The van der Waals surface area contributed by atoms with Gasteiger partial charge in [-0.25, -0.2) is 19.1 Å². The number of carbonyl (C=O) groups is 1. The second-order valence-electron chi connectivity index (χ2n) is 10.5. The molecule has 1 fully saturated rings. The van der Waals surface area contributed by atoms with Gasteiger partial charge < -0.3 is 30.1 Å². The highest BCUT2D eigenvalue weighted by atomic mass is 35.5. The van der Waals surface area contributed by atoms with Crippen molar-refractivity contribution in [2.45, 2.75) is 32.6 Å². The number of aromatic nitrogens is 2. The van der Waals surface area contributed by atoms with Crippen LogP contribution in [0.5, 0.6) is 5.75 Å². The van der Waals surface area contributed by atoms with E-state index in [2.05, 4.69) is 43.5 Å². The number of carbonyl (C=O) groups excluding carboxylic acids is 1. The Labute approximate surface area is 256 Å². The third-order valence-corrected chi connectivity index (χ3v) is 7.78. The topological polar surface area (TPSA) is 146 Å². The Kier molecular flexibility index (Phi) is 11.7. The van der Waals surface area contributed by atoms with E-state index in [0.717, 1.165) is 43.1 Å². The summed E-state index contributed by atoms with van der Waals surface area (Å²) in [6.07, 6.45) is 6.37. The fourth-order valence-electron chi connectivity index (χ4n) is 4.70. The van der Waals surface area contributed by atoms with E-state index in [-0.39, 0.29) is 12.2 Å². The minimum absolute atomic E-state index is 0.0837. The average Bonchev–Trinajstić information content (AvgIpc) is 2.97. The zero-order valence-corrected chi connectivity index (χ0v) is 25.7. The molecule has 4 rings (SSSR count).